The van der Waals surface area contributed by atoms with E-state index in [1.165, 1.54) is 0 Å². The normalized spacial score (nSPS) is 23.8. The number of hydrogen-bond donors (Lipinski definition) is 1. The van der Waals surface area contributed by atoms with Gasteiger partial charge in [-0.1, -0.05) is 26.0 Å². The third kappa shape index (κ3) is 2.03. The number of ketones is 1. The molecule has 0 spiro atoms. The van der Waals surface area contributed by atoms with E-state index < -0.39 is 0 Å². The van der Waals surface area contributed by atoms with Gasteiger partial charge in [-0.3, -0.25) is 4.79 Å². The summed E-state index contributed by atoms with van der Waals surface area (Å²) in [4.78, 5) is 12.4. The van der Waals surface area contributed by atoms with Crippen molar-refractivity contribution in [2.45, 2.75) is 31.9 Å². The van der Waals surface area contributed by atoms with Crippen LogP contribution in [0.4, 0.5) is 0 Å². The van der Waals surface area contributed by atoms with Crippen LogP contribution in [0.3, 0.4) is 0 Å². The van der Waals surface area contributed by atoms with E-state index in [4.69, 9.17) is 9.47 Å². The Morgan fingerprint density at radius 1 is 1.35 bits per heavy atom. The van der Waals surface area contributed by atoms with Crippen LogP contribution in [0.25, 0.3) is 0 Å². The number of carbonyl (C=O) groups excluding carboxylic acids is 1. The minimum absolute atomic E-state index is 0.0665. The Kier molecular flexibility index (Phi) is 3.09. The molecular formula is C16H18O3S. The van der Waals surface area contributed by atoms with Crippen LogP contribution in [-0.4, -0.2) is 12.9 Å². The summed E-state index contributed by atoms with van der Waals surface area (Å²) in [5.41, 5.74) is 1.55. The number of thiol groups is 1. The highest BCUT2D eigenvalue weighted by atomic mass is 32.1. The van der Waals surface area contributed by atoms with Gasteiger partial charge in [0.25, 0.3) is 0 Å². The van der Waals surface area contributed by atoms with E-state index in [0.29, 0.717) is 23.5 Å². The summed E-state index contributed by atoms with van der Waals surface area (Å²) in [6.45, 7) is 4.17. The van der Waals surface area contributed by atoms with E-state index in [1.54, 1.807) is 7.11 Å². The predicted octanol–water partition coefficient (Wildman–Crippen LogP) is 3.70. The van der Waals surface area contributed by atoms with E-state index >= 15 is 0 Å². The summed E-state index contributed by atoms with van der Waals surface area (Å²) < 4.78 is 11.4. The molecule has 20 heavy (non-hydrogen) atoms. The highest BCUT2D eigenvalue weighted by molar-refractivity contribution is 7.80. The number of rotatable bonds is 1. The smallest absolute Gasteiger partial charge is 0.173 e. The molecule has 1 aromatic rings. The molecule has 0 N–H and O–H groups in total. The Bertz CT molecular complexity index is 616. The van der Waals surface area contributed by atoms with E-state index in [0.717, 1.165) is 17.7 Å². The molecule has 0 saturated carbocycles. The first kappa shape index (κ1) is 13.6. The summed E-state index contributed by atoms with van der Waals surface area (Å²) in [7, 11) is 1.62. The van der Waals surface area contributed by atoms with Gasteiger partial charge >= 0.3 is 0 Å². The number of allylic oxidation sites excluding steroid dienone is 1. The zero-order valence-corrected chi connectivity index (χ0v) is 12.8. The zero-order valence-electron chi connectivity index (χ0n) is 11.9. The second-order valence-electron chi connectivity index (χ2n) is 6.16. The number of carbonyl (C=O) groups is 1. The number of benzene rings is 1. The topological polar surface area (TPSA) is 35.5 Å². The molecule has 0 saturated heterocycles. The Balaban J connectivity index is 2.12. The van der Waals surface area contributed by atoms with Gasteiger partial charge < -0.3 is 9.47 Å². The van der Waals surface area contributed by atoms with E-state index in [1.807, 2.05) is 18.2 Å². The molecule has 1 heterocycles. The molecule has 1 aliphatic carbocycles. The lowest BCUT2D eigenvalue weighted by Gasteiger charge is -2.37. The molecular weight excluding hydrogens is 272 g/mol. The summed E-state index contributed by atoms with van der Waals surface area (Å²) in [6, 6.07) is 5.69. The molecule has 2 aliphatic rings. The number of Topliss-reactive ketones (excluding diaryl/α,β-unsaturated/α-hetero) is 1. The maximum absolute atomic E-state index is 12.4. The number of methoxy groups -OCH3 is 1. The quantitative estimate of drug-likeness (QED) is 0.801. The summed E-state index contributed by atoms with van der Waals surface area (Å²) in [5, 5.41) is -0.229. The van der Waals surface area contributed by atoms with Gasteiger partial charge in [-0.25, -0.2) is 0 Å². The average molecular weight is 290 g/mol. The zero-order chi connectivity index (χ0) is 14.5. The van der Waals surface area contributed by atoms with Gasteiger partial charge in [0.15, 0.2) is 17.3 Å². The van der Waals surface area contributed by atoms with E-state index in [2.05, 4.69) is 26.5 Å². The lowest BCUT2D eigenvalue weighted by Crippen LogP contribution is -2.31. The van der Waals surface area contributed by atoms with Crippen LogP contribution in [0, 0.1) is 5.41 Å². The summed E-state index contributed by atoms with van der Waals surface area (Å²) in [5.74, 6) is 2.27. The van der Waals surface area contributed by atoms with Gasteiger partial charge in [0.1, 0.15) is 5.76 Å². The highest BCUT2D eigenvalue weighted by Gasteiger charge is 2.40. The van der Waals surface area contributed by atoms with Crippen molar-refractivity contribution in [1.82, 2.24) is 0 Å². The molecule has 106 valence electrons. The summed E-state index contributed by atoms with van der Waals surface area (Å²) in [6.07, 6.45) is 1.30. The van der Waals surface area contributed by atoms with Gasteiger partial charge in [-0.15, -0.1) is 0 Å². The first-order valence-corrected chi connectivity index (χ1v) is 7.23. The fourth-order valence-corrected chi connectivity index (χ4v) is 3.46. The van der Waals surface area contributed by atoms with Crippen molar-refractivity contribution in [3.63, 3.8) is 0 Å². The molecule has 0 aromatic heterocycles. The van der Waals surface area contributed by atoms with Crippen molar-refractivity contribution in [3.8, 4) is 11.5 Å². The van der Waals surface area contributed by atoms with Crippen LogP contribution in [0.15, 0.2) is 29.5 Å². The fraction of sp³-hybridized carbons (Fsp3) is 0.438. The molecule has 0 amide bonds. The Morgan fingerprint density at radius 2 is 2.10 bits per heavy atom. The third-order valence-corrected chi connectivity index (χ3v) is 4.44. The van der Waals surface area contributed by atoms with Crippen LogP contribution in [0.2, 0.25) is 0 Å². The van der Waals surface area contributed by atoms with Crippen molar-refractivity contribution in [2.75, 3.05) is 7.11 Å². The minimum Gasteiger partial charge on any atom is -0.493 e. The summed E-state index contributed by atoms with van der Waals surface area (Å²) >= 11 is 4.65. The Labute approximate surface area is 124 Å². The SMILES string of the molecule is COc1cccc2c1OC1=C(C(=O)CC(C)(C)C1)[C@@H]2S. The van der Waals surface area contributed by atoms with E-state index in [-0.39, 0.29) is 16.4 Å². The van der Waals surface area contributed by atoms with Crippen LogP contribution >= 0.6 is 12.6 Å². The number of para-hydroxylation sites is 1. The second-order valence-corrected chi connectivity index (χ2v) is 6.68. The molecule has 0 fully saturated rings. The lowest BCUT2D eigenvalue weighted by atomic mass is 9.74. The molecule has 3 nitrogen and oxygen atoms in total. The first-order chi connectivity index (χ1) is 9.43. The van der Waals surface area contributed by atoms with Gasteiger partial charge in [-0.05, 0) is 11.5 Å². The van der Waals surface area contributed by atoms with Crippen molar-refractivity contribution >= 4 is 18.4 Å². The van der Waals surface area contributed by atoms with Crippen LogP contribution in [-0.2, 0) is 4.79 Å². The Morgan fingerprint density at radius 3 is 2.80 bits per heavy atom. The van der Waals surface area contributed by atoms with Gasteiger partial charge in [0, 0.05) is 18.4 Å². The van der Waals surface area contributed by atoms with Crippen molar-refractivity contribution in [3.05, 3.63) is 35.1 Å². The van der Waals surface area contributed by atoms with Crippen LogP contribution in [0.5, 0.6) is 11.5 Å². The molecule has 0 bridgehead atoms. The maximum Gasteiger partial charge on any atom is 0.173 e. The van der Waals surface area contributed by atoms with Crippen molar-refractivity contribution in [1.29, 1.82) is 0 Å². The third-order valence-electron chi connectivity index (χ3n) is 3.90. The average Bonchev–Trinajstić information content (AvgIpc) is 2.36. The van der Waals surface area contributed by atoms with E-state index in [9.17, 15) is 4.79 Å². The van der Waals surface area contributed by atoms with Gasteiger partial charge in [0.05, 0.1) is 17.9 Å². The molecule has 3 rings (SSSR count). The molecule has 4 heteroatoms. The van der Waals surface area contributed by atoms with Crippen molar-refractivity contribution < 1.29 is 14.3 Å². The van der Waals surface area contributed by atoms with Gasteiger partial charge in [-0.2, -0.15) is 12.6 Å². The lowest BCUT2D eigenvalue weighted by molar-refractivity contribution is -0.118. The molecule has 0 radical (unpaired) electrons. The largest absolute Gasteiger partial charge is 0.493 e. The molecule has 1 aromatic carbocycles. The van der Waals surface area contributed by atoms with Crippen LogP contribution < -0.4 is 9.47 Å². The number of hydrogen-bond acceptors (Lipinski definition) is 4. The number of ether oxygens (including phenoxy) is 2. The predicted molar refractivity (Wildman–Crippen MR) is 80.4 cm³/mol. The Hall–Kier alpha value is -1.42. The number of fused-ring (bicyclic) bond motifs is 1. The fourth-order valence-electron chi connectivity index (χ4n) is 2.97. The van der Waals surface area contributed by atoms with Gasteiger partial charge in [0.2, 0.25) is 0 Å². The first-order valence-electron chi connectivity index (χ1n) is 6.72. The molecule has 0 unspecified atom stereocenters. The second kappa shape index (κ2) is 4.55. The molecule has 1 aliphatic heterocycles. The van der Waals surface area contributed by atoms with Crippen molar-refractivity contribution in [2.24, 2.45) is 5.41 Å². The monoisotopic (exact) mass is 290 g/mol. The standard InChI is InChI=1S/C16H18O3S/c1-16(2)7-10(17)13-12(8-16)19-14-9(15(13)20)5-4-6-11(14)18-3/h4-6,15,20H,7-8H2,1-3H3/t15-/m1/s1. The highest BCUT2D eigenvalue weighted by Crippen LogP contribution is 2.51. The molecule has 1 atom stereocenters. The minimum atomic E-state index is -0.229. The maximum atomic E-state index is 12.4. The van der Waals surface area contributed by atoms with Crippen LogP contribution in [0.1, 0.15) is 37.5 Å².